The van der Waals surface area contributed by atoms with Crippen molar-refractivity contribution in [3.05, 3.63) is 35.4 Å². The van der Waals surface area contributed by atoms with Crippen LogP contribution in [-0.4, -0.2) is 42.4 Å². The van der Waals surface area contributed by atoms with Crippen LogP contribution in [0.1, 0.15) is 30.4 Å². The summed E-state index contributed by atoms with van der Waals surface area (Å²) < 4.78 is 6.03. The zero-order valence-electron chi connectivity index (χ0n) is 11.8. The number of piperidine rings is 1. The van der Waals surface area contributed by atoms with E-state index in [2.05, 4.69) is 36.1 Å². The minimum atomic E-state index is 0.295. The highest BCUT2D eigenvalue weighted by Crippen LogP contribution is 2.17. The summed E-state index contributed by atoms with van der Waals surface area (Å²) in [5, 5.41) is 8.83. The van der Waals surface area contributed by atoms with Crippen LogP contribution < -0.4 is 0 Å². The Hall–Kier alpha value is -0.900. The lowest BCUT2D eigenvalue weighted by Gasteiger charge is -2.31. The van der Waals surface area contributed by atoms with Crippen molar-refractivity contribution in [2.45, 2.75) is 38.9 Å². The zero-order chi connectivity index (χ0) is 13.5. The van der Waals surface area contributed by atoms with Crippen molar-refractivity contribution >= 4 is 0 Å². The van der Waals surface area contributed by atoms with E-state index in [1.54, 1.807) is 0 Å². The molecule has 1 fully saturated rings. The van der Waals surface area contributed by atoms with Crippen LogP contribution in [0.4, 0.5) is 0 Å². The van der Waals surface area contributed by atoms with Gasteiger partial charge in [0.1, 0.15) is 0 Å². The molecular weight excluding hydrogens is 238 g/mol. The molecule has 0 unspecified atom stereocenters. The number of aliphatic hydroxyl groups is 1. The maximum Gasteiger partial charge on any atom is 0.0723 e. The first-order valence-corrected chi connectivity index (χ1v) is 7.29. The highest BCUT2D eigenvalue weighted by atomic mass is 16.5. The van der Waals surface area contributed by atoms with Gasteiger partial charge in [0.25, 0.3) is 0 Å². The summed E-state index contributed by atoms with van der Waals surface area (Å²) in [5.74, 6) is 0. The molecule has 0 radical (unpaired) electrons. The molecule has 0 aromatic heterocycles. The highest BCUT2D eigenvalue weighted by molar-refractivity contribution is 5.24. The Morgan fingerprint density at radius 2 is 2.00 bits per heavy atom. The van der Waals surface area contributed by atoms with E-state index in [-0.39, 0.29) is 0 Å². The van der Waals surface area contributed by atoms with E-state index in [9.17, 15) is 0 Å². The number of rotatable bonds is 6. The summed E-state index contributed by atoms with van der Waals surface area (Å²) in [6, 6.07) is 8.42. The molecule has 1 aromatic carbocycles. The molecular formula is C16H25NO2. The minimum absolute atomic E-state index is 0.295. The van der Waals surface area contributed by atoms with Gasteiger partial charge in [0.2, 0.25) is 0 Å². The van der Waals surface area contributed by atoms with Gasteiger partial charge in [0.15, 0.2) is 0 Å². The summed E-state index contributed by atoms with van der Waals surface area (Å²) >= 11 is 0. The average molecular weight is 263 g/mol. The lowest BCUT2D eigenvalue weighted by Crippen LogP contribution is -2.37. The number of benzene rings is 1. The topological polar surface area (TPSA) is 32.7 Å². The molecule has 1 N–H and O–H groups in total. The first-order valence-electron chi connectivity index (χ1n) is 7.29. The average Bonchev–Trinajstić information content (AvgIpc) is 2.45. The Kier molecular flexibility index (Phi) is 5.83. The maximum absolute atomic E-state index is 8.83. The van der Waals surface area contributed by atoms with E-state index in [1.165, 1.54) is 11.1 Å². The monoisotopic (exact) mass is 263 g/mol. The Morgan fingerprint density at radius 3 is 2.68 bits per heavy atom. The number of hydrogen-bond donors (Lipinski definition) is 1. The zero-order valence-corrected chi connectivity index (χ0v) is 11.8. The molecule has 106 valence electrons. The molecule has 19 heavy (non-hydrogen) atoms. The molecule has 0 atom stereocenters. The third kappa shape index (κ3) is 4.60. The Bertz CT molecular complexity index is 373. The Balaban J connectivity index is 1.70. The van der Waals surface area contributed by atoms with Crippen molar-refractivity contribution in [1.82, 2.24) is 4.90 Å². The van der Waals surface area contributed by atoms with Crippen molar-refractivity contribution < 1.29 is 9.84 Å². The van der Waals surface area contributed by atoms with E-state index in [0.717, 1.165) is 45.5 Å². The summed E-state index contributed by atoms with van der Waals surface area (Å²) in [6.45, 7) is 6.37. The number of ether oxygens (including phenoxy) is 1. The normalized spacial score (nSPS) is 17.8. The summed E-state index contributed by atoms with van der Waals surface area (Å²) in [6.07, 6.45) is 3.49. The van der Waals surface area contributed by atoms with Crippen molar-refractivity contribution in [2.24, 2.45) is 0 Å². The fourth-order valence-electron chi connectivity index (χ4n) is 2.57. The summed E-state index contributed by atoms with van der Waals surface area (Å²) in [5.41, 5.74) is 2.60. The second kappa shape index (κ2) is 7.63. The second-order valence-corrected chi connectivity index (χ2v) is 5.36. The van der Waals surface area contributed by atoms with Crippen LogP contribution in [0.25, 0.3) is 0 Å². The standard InChI is InChI=1S/C16H25NO2/c1-14-5-2-3-6-15(14)13-19-16-7-10-17(11-8-16)9-4-12-18/h2-3,5-6,16,18H,4,7-13H2,1H3. The van der Waals surface area contributed by atoms with E-state index in [4.69, 9.17) is 9.84 Å². The first-order chi connectivity index (χ1) is 9.29. The molecule has 1 aliphatic rings. The van der Waals surface area contributed by atoms with Crippen molar-refractivity contribution in [1.29, 1.82) is 0 Å². The van der Waals surface area contributed by atoms with Gasteiger partial charge < -0.3 is 14.7 Å². The molecule has 1 aromatic rings. The van der Waals surface area contributed by atoms with E-state index in [0.29, 0.717) is 12.7 Å². The smallest absolute Gasteiger partial charge is 0.0723 e. The predicted octanol–water partition coefficient (Wildman–Crippen LogP) is 2.36. The van der Waals surface area contributed by atoms with Crippen LogP contribution in [0.5, 0.6) is 0 Å². The number of nitrogens with zero attached hydrogens (tertiary/aromatic N) is 1. The molecule has 1 heterocycles. The van der Waals surface area contributed by atoms with Gasteiger partial charge in [0, 0.05) is 26.2 Å². The molecule has 0 saturated carbocycles. The molecule has 0 bridgehead atoms. The molecule has 3 nitrogen and oxygen atoms in total. The quantitative estimate of drug-likeness (QED) is 0.855. The number of hydrogen-bond acceptors (Lipinski definition) is 3. The van der Waals surface area contributed by atoms with Gasteiger partial charge in [-0.05, 0) is 37.3 Å². The third-order valence-electron chi connectivity index (χ3n) is 3.90. The molecule has 3 heteroatoms. The first kappa shape index (κ1) is 14.5. The van der Waals surface area contributed by atoms with Gasteiger partial charge in [-0.15, -0.1) is 0 Å². The Morgan fingerprint density at radius 1 is 1.26 bits per heavy atom. The van der Waals surface area contributed by atoms with Crippen molar-refractivity contribution in [3.8, 4) is 0 Å². The maximum atomic E-state index is 8.83. The molecule has 1 aliphatic heterocycles. The SMILES string of the molecule is Cc1ccccc1COC1CCN(CCCO)CC1. The minimum Gasteiger partial charge on any atom is -0.396 e. The number of aryl methyl sites for hydroxylation is 1. The number of likely N-dealkylation sites (tertiary alicyclic amines) is 1. The highest BCUT2D eigenvalue weighted by Gasteiger charge is 2.19. The third-order valence-corrected chi connectivity index (χ3v) is 3.90. The van der Waals surface area contributed by atoms with Crippen LogP contribution in [0, 0.1) is 6.92 Å². The van der Waals surface area contributed by atoms with Gasteiger partial charge in [-0.1, -0.05) is 24.3 Å². The fourth-order valence-corrected chi connectivity index (χ4v) is 2.57. The van der Waals surface area contributed by atoms with Gasteiger partial charge in [-0.25, -0.2) is 0 Å². The van der Waals surface area contributed by atoms with Gasteiger partial charge >= 0.3 is 0 Å². The lowest BCUT2D eigenvalue weighted by atomic mass is 10.1. The van der Waals surface area contributed by atoms with Crippen LogP contribution in [0.3, 0.4) is 0 Å². The fraction of sp³-hybridized carbons (Fsp3) is 0.625. The van der Waals surface area contributed by atoms with E-state index >= 15 is 0 Å². The van der Waals surface area contributed by atoms with Crippen molar-refractivity contribution in [2.75, 3.05) is 26.2 Å². The second-order valence-electron chi connectivity index (χ2n) is 5.36. The van der Waals surface area contributed by atoms with Gasteiger partial charge in [-0.3, -0.25) is 0 Å². The predicted molar refractivity (Wildman–Crippen MR) is 77.1 cm³/mol. The largest absolute Gasteiger partial charge is 0.396 e. The van der Waals surface area contributed by atoms with E-state index in [1.807, 2.05) is 0 Å². The van der Waals surface area contributed by atoms with Crippen molar-refractivity contribution in [3.63, 3.8) is 0 Å². The lowest BCUT2D eigenvalue weighted by molar-refractivity contribution is -0.00333. The van der Waals surface area contributed by atoms with Crippen LogP contribution in [-0.2, 0) is 11.3 Å². The van der Waals surface area contributed by atoms with E-state index < -0.39 is 0 Å². The van der Waals surface area contributed by atoms with Crippen LogP contribution >= 0.6 is 0 Å². The van der Waals surface area contributed by atoms with Crippen LogP contribution in [0.15, 0.2) is 24.3 Å². The molecule has 1 saturated heterocycles. The van der Waals surface area contributed by atoms with Gasteiger partial charge in [0.05, 0.1) is 12.7 Å². The molecule has 2 rings (SSSR count). The summed E-state index contributed by atoms with van der Waals surface area (Å²) in [7, 11) is 0. The van der Waals surface area contributed by atoms with Crippen LogP contribution in [0.2, 0.25) is 0 Å². The molecule has 0 amide bonds. The van der Waals surface area contributed by atoms with Gasteiger partial charge in [-0.2, -0.15) is 0 Å². The summed E-state index contributed by atoms with van der Waals surface area (Å²) in [4.78, 5) is 2.42. The molecule has 0 spiro atoms. The number of aliphatic hydroxyl groups excluding tert-OH is 1. The Labute approximate surface area is 116 Å². The molecule has 0 aliphatic carbocycles.